The van der Waals surface area contributed by atoms with Crippen molar-refractivity contribution in [2.45, 2.75) is 38.5 Å². The summed E-state index contributed by atoms with van der Waals surface area (Å²) >= 11 is 0. The van der Waals surface area contributed by atoms with Crippen LogP contribution in [0.1, 0.15) is 38.5 Å². The summed E-state index contributed by atoms with van der Waals surface area (Å²) in [5.41, 5.74) is 1.45. The molecule has 0 heterocycles. The molecule has 1 heteroatoms. The lowest BCUT2D eigenvalue weighted by Crippen LogP contribution is -2.19. The van der Waals surface area contributed by atoms with Crippen molar-refractivity contribution in [3.05, 3.63) is 11.6 Å². The zero-order valence-corrected chi connectivity index (χ0v) is 6.81. The molecule has 0 bridgehead atoms. The highest BCUT2D eigenvalue weighted by molar-refractivity contribution is 5.82. The van der Waals surface area contributed by atoms with E-state index in [1.165, 1.54) is 24.8 Å². The Hall–Kier alpha value is -0.590. The van der Waals surface area contributed by atoms with E-state index in [-0.39, 0.29) is 0 Å². The molecule has 1 nitrogen and oxygen atoms in total. The van der Waals surface area contributed by atoms with E-state index in [0.717, 1.165) is 25.2 Å². The molecule has 1 unspecified atom stereocenters. The molecular weight excluding hydrogens is 136 g/mol. The van der Waals surface area contributed by atoms with Crippen LogP contribution in [0.15, 0.2) is 11.6 Å². The maximum absolute atomic E-state index is 11.1. The second kappa shape index (κ2) is 2.80. The Kier molecular flexibility index (Phi) is 1.80. The first-order chi connectivity index (χ1) is 5.36. The Labute approximate surface area is 67.5 Å². The number of carbonyl (C=O) groups excluding carboxylic acids is 1. The van der Waals surface area contributed by atoms with E-state index in [0.29, 0.717) is 5.78 Å². The smallest absolute Gasteiger partial charge is 0.136 e. The molecule has 0 aromatic carbocycles. The Morgan fingerprint density at radius 2 is 2.27 bits per heavy atom. The van der Waals surface area contributed by atoms with E-state index in [4.69, 9.17) is 0 Å². The molecule has 0 aromatic heterocycles. The molecule has 2 rings (SSSR count). The molecule has 0 aromatic rings. The number of allylic oxidation sites excluding steroid dienone is 2. The third-order valence-electron chi connectivity index (χ3n) is 2.86. The summed E-state index contributed by atoms with van der Waals surface area (Å²) < 4.78 is 0. The normalized spacial score (nSPS) is 31.1. The predicted octanol–water partition coefficient (Wildman–Crippen LogP) is 2.47. The molecule has 2 aliphatic rings. The van der Waals surface area contributed by atoms with Gasteiger partial charge in [0.25, 0.3) is 0 Å². The van der Waals surface area contributed by atoms with Crippen molar-refractivity contribution >= 4 is 5.78 Å². The molecule has 2 aliphatic carbocycles. The summed E-state index contributed by atoms with van der Waals surface area (Å²) in [6, 6.07) is 0. The first-order valence-corrected chi connectivity index (χ1v) is 4.57. The third-order valence-corrected chi connectivity index (χ3v) is 2.86. The van der Waals surface area contributed by atoms with Gasteiger partial charge in [-0.2, -0.15) is 0 Å². The molecule has 60 valence electrons. The van der Waals surface area contributed by atoms with Gasteiger partial charge in [-0.25, -0.2) is 0 Å². The van der Waals surface area contributed by atoms with E-state index in [1.807, 2.05) is 0 Å². The summed E-state index contributed by atoms with van der Waals surface area (Å²) in [4.78, 5) is 11.1. The average Bonchev–Trinajstić information content (AvgIpc) is 2.04. The molecule has 0 radical (unpaired) electrons. The van der Waals surface area contributed by atoms with Crippen molar-refractivity contribution < 1.29 is 4.79 Å². The lowest BCUT2D eigenvalue weighted by atomic mass is 9.77. The number of fused-ring (bicyclic) bond motifs is 1. The Balaban J connectivity index is 2.13. The van der Waals surface area contributed by atoms with Gasteiger partial charge in [-0.1, -0.05) is 11.6 Å². The van der Waals surface area contributed by atoms with Gasteiger partial charge in [0, 0.05) is 12.8 Å². The minimum atomic E-state index is 0.453. The third kappa shape index (κ3) is 1.37. The van der Waals surface area contributed by atoms with Crippen molar-refractivity contribution in [3.63, 3.8) is 0 Å². The van der Waals surface area contributed by atoms with Crippen molar-refractivity contribution in [2.24, 2.45) is 5.92 Å². The van der Waals surface area contributed by atoms with Gasteiger partial charge in [0.15, 0.2) is 0 Å². The fourth-order valence-electron chi connectivity index (χ4n) is 2.20. The van der Waals surface area contributed by atoms with Crippen LogP contribution in [0.2, 0.25) is 0 Å². The minimum absolute atomic E-state index is 0.453. The van der Waals surface area contributed by atoms with Gasteiger partial charge in [0.05, 0.1) is 0 Å². The fourth-order valence-corrected chi connectivity index (χ4v) is 2.20. The Morgan fingerprint density at radius 3 is 3.18 bits per heavy atom. The number of rotatable bonds is 0. The maximum atomic E-state index is 11.1. The van der Waals surface area contributed by atoms with Crippen LogP contribution >= 0.6 is 0 Å². The number of hydrogen-bond donors (Lipinski definition) is 0. The van der Waals surface area contributed by atoms with Crippen LogP contribution in [-0.4, -0.2) is 5.78 Å². The molecule has 1 atom stereocenters. The predicted molar refractivity (Wildman–Crippen MR) is 44.3 cm³/mol. The maximum Gasteiger partial charge on any atom is 0.136 e. The number of ketones is 1. The largest absolute Gasteiger partial charge is 0.299 e. The zero-order valence-electron chi connectivity index (χ0n) is 6.81. The van der Waals surface area contributed by atoms with Crippen molar-refractivity contribution in [1.29, 1.82) is 0 Å². The number of carbonyl (C=O) groups is 1. The average molecular weight is 150 g/mol. The highest BCUT2D eigenvalue weighted by atomic mass is 16.1. The monoisotopic (exact) mass is 150 g/mol. The minimum Gasteiger partial charge on any atom is -0.299 e. The highest BCUT2D eigenvalue weighted by Gasteiger charge is 2.24. The van der Waals surface area contributed by atoms with Crippen molar-refractivity contribution in [2.75, 3.05) is 0 Å². The summed E-state index contributed by atoms with van der Waals surface area (Å²) in [7, 11) is 0. The standard InChI is InChI=1S/C10H14O/c11-10-6-5-8-3-1-2-4-9(8)7-10/h4,8H,1-3,5-7H2. The lowest BCUT2D eigenvalue weighted by Gasteiger charge is -2.27. The quantitative estimate of drug-likeness (QED) is 0.485. The van der Waals surface area contributed by atoms with Crippen LogP contribution in [0.25, 0.3) is 0 Å². The van der Waals surface area contributed by atoms with Gasteiger partial charge in [0.1, 0.15) is 5.78 Å². The van der Waals surface area contributed by atoms with Crippen molar-refractivity contribution in [1.82, 2.24) is 0 Å². The van der Waals surface area contributed by atoms with Gasteiger partial charge in [-0.15, -0.1) is 0 Å². The van der Waals surface area contributed by atoms with Crippen molar-refractivity contribution in [3.8, 4) is 0 Å². The Bertz CT molecular complexity index is 203. The van der Waals surface area contributed by atoms with E-state index >= 15 is 0 Å². The second-order valence-electron chi connectivity index (χ2n) is 3.66. The van der Waals surface area contributed by atoms with Gasteiger partial charge >= 0.3 is 0 Å². The summed E-state index contributed by atoms with van der Waals surface area (Å²) in [6.45, 7) is 0. The van der Waals surface area contributed by atoms with E-state index in [1.54, 1.807) is 0 Å². The lowest BCUT2D eigenvalue weighted by molar-refractivity contribution is -0.119. The van der Waals surface area contributed by atoms with Crippen LogP contribution in [0.3, 0.4) is 0 Å². The van der Waals surface area contributed by atoms with Crippen LogP contribution in [-0.2, 0) is 4.79 Å². The van der Waals surface area contributed by atoms with E-state index < -0.39 is 0 Å². The van der Waals surface area contributed by atoms with Crippen LogP contribution in [0, 0.1) is 5.92 Å². The van der Waals surface area contributed by atoms with Gasteiger partial charge in [-0.3, -0.25) is 4.79 Å². The molecule has 0 aliphatic heterocycles. The molecular formula is C10H14O. The fraction of sp³-hybridized carbons (Fsp3) is 0.700. The molecule has 1 fully saturated rings. The van der Waals surface area contributed by atoms with Crippen LogP contribution in [0.4, 0.5) is 0 Å². The van der Waals surface area contributed by atoms with Gasteiger partial charge in [0.2, 0.25) is 0 Å². The highest BCUT2D eigenvalue weighted by Crippen LogP contribution is 2.34. The second-order valence-corrected chi connectivity index (χ2v) is 3.66. The summed E-state index contributed by atoms with van der Waals surface area (Å²) in [6.07, 6.45) is 8.91. The molecule has 0 saturated heterocycles. The molecule has 11 heavy (non-hydrogen) atoms. The summed E-state index contributed by atoms with van der Waals surface area (Å²) in [5.74, 6) is 1.23. The Morgan fingerprint density at radius 1 is 1.36 bits per heavy atom. The van der Waals surface area contributed by atoms with E-state index in [2.05, 4.69) is 6.08 Å². The van der Waals surface area contributed by atoms with Gasteiger partial charge < -0.3 is 0 Å². The summed E-state index contributed by atoms with van der Waals surface area (Å²) in [5, 5.41) is 0. The van der Waals surface area contributed by atoms with Gasteiger partial charge in [-0.05, 0) is 31.6 Å². The molecule has 0 spiro atoms. The molecule has 1 saturated carbocycles. The molecule has 0 amide bonds. The van der Waals surface area contributed by atoms with Crippen LogP contribution in [0.5, 0.6) is 0 Å². The zero-order chi connectivity index (χ0) is 7.68. The first-order valence-electron chi connectivity index (χ1n) is 4.57. The number of hydrogen-bond acceptors (Lipinski definition) is 1. The molecule has 0 N–H and O–H groups in total. The SMILES string of the molecule is O=C1CCC2CCCC=C2C1. The van der Waals surface area contributed by atoms with E-state index in [9.17, 15) is 4.79 Å². The number of Topliss-reactive ketones (excluding diaryl/α,β-unsaturated/α-hetero) is 1. The topological polar surface area (TPSA) is 17.1 Å². The first kappa shape index (κ1) is 7.08. The van der Waals surface area contributed by atoms with Crippen LogP contribution < -0.4 is 0 Å².